The Labute approximate surface area is 276 Å². The van der Waals surface area contributed by atoms with Crippen molar-refractivity contribution >= 4 is 44.9 Å². The summed E-state index contributed by atoms with van der Waals surface area (Å²) < 4.78 is 23.3. The predicted octanol–water partition coefficient (Wildman–Crippen LogP) is 1.92. The fourth-order valence-electron chi connectivity index (χ4n) is 5.33. The van der Waals surface area contributed by atoms with Crippen molar-refractivity contribution in [3.8, 4) is 5.75 Å². The number of aliphatic hydroxyl groups is 1. The number of nitrogens with two attached hydrogens (primary N) is 3. The van der Waals surface area contributed by atoms with Crippen LogP contribution in [0.15, 0.2) is 23.2 Å². The third kappa shape index (κ3) is 12.5. The van der Waals surface area contributed by atoms with Crippen LogP contribution < -0.4 is 22.5 Å². The summed E-state index contributed by atoms with van der Waals surface area (Å²) in [6, 6.07) is 4.69. The lowest BCUT2D eigenvalue weighted by Gasteiger charge is -2.34. The summed E-state index contributed by atoms with van der Waals surface area (Å²) in [6.45, 7) is 8.79. The molecule has 1 aromatic heterocycles. The number of nitrogens with one attached hydrogen (secondary N) is 1. The summed E-state index contributed by atoms with van der Waals surface area (Å²) in [6.07, 6.45) is 5.82. The van der Waals surface area contributed by atoms with E-state index in [9.17, 15) is 23.4 Å². The third-order valence-corrected chi connectivity index (χ3v) is 9.11. The number of phenols is 1. The number of hydrogen-bond acceptors (Lipinski definition) is 12. The molecule has 0 spiro atoms. The first-order valence-corrected chi connectivity index (χ1v) is 18.0. The van der Waals surface area contributed by atoms with Gasteiger partial charge in [-0.3, -0.25) is 15.1 Å². The van der Waals surface area contributed by atoms with Crippen LogP contribution in [0.2, 0.25) is 5.15 Å². The van der Waals surface area contributed by atoms with Crippen LogP contribution in [0.1, 0.15) is 73.2 Å². The van der Waals surface area contributed by atoms with Crippen LogP contribution in [0, 0.1) is 5.92 Å². The zero-order valence-corrected chi connectivity index (χ0v) is 28.2. The number of sulfone groups is 1. The van der Waals surface area contributed by atoms with E-state index in [0.29, 0.717) is 30.0 Å². The van der Waals surface area contributed by atoms with Gasteiger partial charge < -0.3 is 37.2 Å². The molecule has 2 atom stereocenters. The average molecular weight is 682 g/mol. The fraction of sp³-hybridized carbons (Fsp3) is 0.600. The molecule has 16 heteroatoms. The number of unbranched alkanes of at least 4 members (excludes halogenated alkanes) is 1. The second kappa shape index (κ2) is 17.6. The normalized spacial score (nSPS) is 16.3. The van der Waals surface area contributed by atoms with Gasteiger partial charge in [0.1, 0.15) is 5.75 Å². The largest absolute Gasteiger partial charge is 0.508 e. The molecule has 2 heterocycles. The molecule has 2 aromatic rings. The molecule has 0 aliphatic carbocycles. The Morgan fingerprint density at radius 2 is 1.70 bits per heavy atom. The Balaban J connectivity index is 1.25. The first kappa shape index (κ1) is 37.2. The number of halogens is 1. The number of aliphatic imine (C=N–C) groups is 1. The Kier molecular flexibility index (Phi) is 14.3. The van der Waals surface area contributed by atoms with E-state index in [1.807, 2.05) is 0 Å². The third-order valence-electron chi connectivity index (χ3n) is 8.00. The molecule has 14 nitrogen and oxygen atoms in total. The van der Waals surface area contributed by atoms with Gasteiger partial charge in [-0.05, 0) is 75.2 Å². The molecular weight excluding hydrogens is 634 g/mol. The summed E-state index contributed by atoms with van der Waals surface area (Å²) in [5.41, 5.74) is 17.8. The summed E-state index contributed by atoms with van der Waals surface area (Å²) in [5, 5.41) is 23.0. The van der Waals surface area contributed by atoms with Crippen LogP contribution in [-0.4, -0.2) is 102 Å². The maximum absolute atomic E-state index is 12.3. The Bertz CT molecular complexity index is 1450. The van der Waals surface area contributed by atoms with Gasteiger partial charge in [-0.2, -0.15) is 0 Å². The SMILES string of the molecule is C[C@H](CCCN1CCN(CCCCN=C(N)NC(=O)c2nc(Cl)c(N)nc2N)CC1)CC[C@H](O)c1ccc(O)c(CS(C)(=O)=O)c1. The molecule has 0 radical (unpaired) electrons. The van der Waals surface area contributed by atoms with Crippen molar-refractivity contribution in [2.45, 2.75) is 57.3 Å². The zero-order chi connectivity index (χ0) is 33.9. The van der Waals surface area contributed by atoms with Gasteiger partial charge in [0.15, 0.2) is 38.3 Å². The monoisotopic (exact) mass is 681 g/mol. The smallest absolute Gasteiger partial charge is 0.280 e. The van der Waals surface area contributed by atoms with Crippen molar-refractivity contribution in [3.05, 3.63) is 40.2 Å². The number of aromatic nitrogens is 2. The van der Waals surface area contributed by atoms with Crippen LogP contribution in [0.5, 0.6) is 5.75 Å². The Hall–Kier alpha value is -3.24. The molecule has 0 unspecified atom stereocenters. The van der Waals surface area contributed by atoms with Crippen LogP contribution in [0.25, 0.3) is 0 Å². The van der Waals surface area contributed by atoms with Crippen LogP contribution >= 0.6 is 11.6 Å². The van der Waals surface area contributed by atoms with E-state index in [-0.39, 0.29) is 39.9 Å². The highest BCUT2D eigenvalue weighted by molar-refractivity contribution is 7.89. The van der Waals surface area contributed by atoms with Crippen LogP contribution in [0.4, 0.5) is 11.6 Å². The van der Waals surface area contributed by atoms with Gasteiger partial charge in [0.05, 0.1) is 11.9 Å². The van der Waals surface area contributed by atoms with Gasteiger partial charge in [0.25, 0.3) is 5.91 Å². The van der Waals surface area contributed by atoms with E-state index >= 15 is 0 Å². The lowest BCUT2D eigenvalue weighted by Crippen LogP contribution is -2.46. The molecule has 256 valence electrons. The number of rotatable bonds is 16. The van der Waals surface area contributed by atoms with Crippen molar-refractivity contribution in [2.24, 2.45) is 16.6 Å². The number of hydrogen-bond donors (Lipinski definition) is 6. The van der Waals surface area contributed by atoms with Crippen molar-refractivity contribution in [1.82, 2.24) is 25.1 Å². The van der Waals surface area contributed by atoms with E-state index in [1.54, 1.807) is 12.1 Å². The van der Waals surface area contributed by atoms with Gasteiger partial charge >= 0.3 is 0 Å². The van der Waals surface area contributed by atoms with Gasteiger partial charge in [0, 0.05) is 44.5 Å². The first-order valence-electron chi connectivity index (χ1n) is 15.5. The number of anilines is 2. The van der Waals surface area contributed by atoms with E-state index in [4.69, 9.17) is 28.8 Å². The molecule has 1 aromatic carbocycles. The van der Waals surface area contributed by atoms with E-state index < -0.39 is 21.8 Å². The Morgan fingerprint density at radius 3 is 2.35 bits per heavy atom. The van der Waals surface area contributed by atoms with Crippen molar-refractivity contribution in [2.75, 3.05) is 63.5 Å². The number of phenolic OH excluding ortho intramolecular Hbond substituents is 1. The highest BCUT2D eigenvalue weighted by Gasteiger charge is 2.19. The minimum Gasteiger partial charge on any atom is -0.508 e. The fourth-order valence-corrected chi connectivity index (χ4v) is 6.26. The predicted molar refractivity (Wildman–Crippen MR) is 181 cm³/mol. The lowest BCUT2D eigenvalue weighted by molar-refractivity contribution is 0.0972. The zero-order valence-electron chi connectivity index (χ0n) is 26.7. The summed E-state index contributed by atoms with van der Waals surface area (Å²) in [4.78, 5) is 29.1. The number of piperazine rings is 1. The number of nitrogens with zero attached hydrogens (tertiary/aromatic N) is 5. The lowest BCUT2D eigenvalue weighted by atomic mass is 9.94. The first-order chi connectivity index (χ1) is 21.7. The van der Waals surface area contributed by atoms with Crippen molar-refractivity contribution in [1.29, 1.82) is 0 Å². The molecular formula is C30H48ClN9O5S. The molecule has 0 saturated carbocycles. The number of amides is 1. The standard InChI is InChI=1S/C30H48ClN9O5S/c1-20(7-9-23(41)21-8-10-24(42)22(18-21)19-46(2,44)45)6-5-13-40-16-14-39(15-17-40)12-4-3-11-35-30(34)38-29(43)25-27(32)37-28(33)26(31)36-25/h8,10,18,20,23,41-42H,3-7,9,11-17,19H2,1-2H3,(H4,32,33,37)(H3,34,35,38,43)/t20-,23+/m1/s1. The van der Waals surface area contributed by atoms with E-state index in [0.717, 1.165) is 77.6 Å². The second-order valence-electron chi connectivity index (χ2n) is 12.0. The highest BCUT2D eigenvalue weighted by Crippen LogP contribution is 2.28. The number of aliphatic hydroxyl groups excluding tert-OH is 1. The van der Waals surface area contributed by atoms with Gasteiger partial charge in [-0.15, -0.1) is 0 Å². The minimum absolute atomic E-state index is 0.0314. The van der Waals surface area contributed by atoms with E-state index in [2.05, 4.69) is 37.0 Å². The van der Waals surface area contributed by atoms with Gasteiger partial charge in [-0.1, -0.05) is 24.6 Å². The number of carbonyl (C=O) groups is 1. The van der Waals surface area contributed by atoms with E-state index in [1.165, 1.54) is 6.07 Å². The van der Waals surface area contributed by atoms with Crippen LogP contribution in [-0.2, 0) is 15.6 Å². The van der Waals surface area contributed by atoms with Gasteiger partial charge in [-0.25, -0.2) is 18.4 Å². The molecule has 9 N–H and O–H groups in total. The van der Waals surface area contributed by atoms with Crippen LogP contribution in [0.3, 0.4) is 0 Å². The van der Waals surface area contributed by atoms with Crippen molar-refractivity contribution in [3.63, 3.8) is 0 Å². The van der Waals surface area contributed by atoms with Crippen molar-refractivity contribution < 1.29 is 23.4 Å². The molecule has 0 bridgehead atoms. The average Bonchev–Trinajstić information content (AvgIpc) is 2.98. The molecule has 1 fully saturated rings. The maximum atomic E-state index is 12.3. The Morgan fingerprint density at radius 1 is 1.04 bits per heavy atom. The minimum atomic E-state index is -3.29. The second-order valence-corrected chi connectivity index (χ2v) is 14.5. The quantitative estimate of drug-likeness (QED) is 0.0849. The van der Waals surface area contributed by atoms with Gasteiger partial charge in [0.2, 0.25) is 0 Å². The summed E-state index contributed by atoms with van der Waals surface area (Å²) >= 11 is 5.82. The molecule has 46 heavy (non-hydrogen) atoms. The maximum Gasteiger partial charge on any atom is 0.280 e. The molecule has 3 rings (SSSR count). The number of carbonyl (C=O) groups excluding carboxylic acids is 1. The molecule has 1 saturated heterocycles. The topological polar surface area (TPSA) is 226 Å². The number of guanidine groups is 1. The molecule has 1 amide bonds. The number of nitrogen functional groups attached to an aromatic ring is 2. The molecule has 1 aliphatic heterocycles. The summed E-state index contributed by atoms with van der Waals surface area (Å²) in [5.74, 6) is -0.771. The number of aromatic hydroxyl groups is 1. The number of benzene rings is 1. The highest BCUT2D eigenvalue weighted by atomic mass is 35.5. The molecule has 1 aliphatic rings. The summed E-state index contributed by atoms with van der Waals surface area (Å²) in [7, 11) is -3.29.